The Morgan fingerprint density at radius 3 is 2.31 bits per heavy atom. The predicted molar refractivity (Wildman–Crippen MR) is 191 cm³/mol. The highest BCUT2D eigenvalue weighted by Gasteiger charge is 2.63. The number of carbonyl (C=O) groups is 3. The molecule has 5 rings (SSSR count). The third kappa shape index (κ3) is 9.19. The van der Waals surface area contributed by atoms with Crippen LogP contribution in [0.15, 0.2) is 48.8 Å². The van der Waals surface area contributed by atoms with Crippen LogP contribution in [-0.4, -0.2) is 82.3 Å². The Bertz CT molecular complexity index is 1920. The normalized spacial score (nSPS) is 23.9. The Balaban J connectivity index is 1.55. The minimum atomic E-state index is -4.60. The molecule has 0 aliphatic carbocycles. The summed E-state index contributed by atoms with van der Waals surface area (Å²) < 4.78 is 57.3. The highest BCUT2D eigenvalue weighted by molar-refractivity contribution is 7.52. The zero-order valence-electron chi connectivity index (χ0n) is 31.3. The molecule has 1 aromatic carbocycles. The van der Waals surface area contributed by atoms with E-state index in [2.05, 4.69) is 21.2 Å². The van der Waals surface area contributed by atoms with Crippen molar-refractivity contribution < 1.29 is 51.7 Å². The summed E-state index contributed by atoms with van der Waals surface area (Å²) in [6, 6.07) is 12.1. The first kappa shape index (κ1) is 40.6. The third-order valence-corrected chi connectivity index (χ3v) is 10.3. The number of esters is 3. The van der Waals surface area contributed by atoms with Crippen LogP contribution in [0.25, 0.3) is 5.52 Å². The molecule has 3 N–H and O–H groups in total. The summed E-state index contributed by atoms with van der Waals surface area (Å²) in [5, 5.41) is 17.9. The molecule has 2 aliphatic heterocycles. The van der Waals surface area contributed by atoms with Crippen LogP contribution in [0.2, 0.25) is 0 Å². The molecule has 6 atom stereocenters. The molecule has 4 heterocycles. The topological polar surface area (TPSA) is 225 Å². The van der Waals surface area contributed by atoms with Gasteiger partial charge >= 0.3 is 25.7 Å². The van der Waals surface area contributed by atoms with Gasteiger partial charge in [0.25, 0.3) is 0 Å². The minimum Gasteiger partial charge on any atom is -0.461 e. The molecule has 0 spiro atoms. The van der Waals surface area contributed by atoms with E-state index in [0.29, 0.717) is 31.6 Å². The van der Waals surface area contributed by atoms with Gasteiger partial charge in [-0.15, -0.1) is 0 Å². The number of nitrogen functional groups attached to an aromatic ring is 1. The lowest BCUT2D eigenvalue weighted by molar-refractivity contribution is -0.179. The fraction of sp³-hybridized carbons (Fsp3) is 0.556. The maximum Gasteiger partial charge on any atom is 0.459 e. The van der Waals surface area contributed by atoms with E-state index in [1.165, 1.54) is 29.9 Å². The quantitative estimate of drug-likeness (QED) is 0.147. The summed E-state index contributed by atoms with van der Waals surface area (Å²) in [4.78, 5) is 44.3. The molecular weight excluding hydrogens is 723 g/mol. The number of carbonyl (C=O) groups excluding carboxylic acids is 3. The molecule has 0 amide bonds. The van der Waals surface area contributed by atoms with Gasteiger partial charge in [0, 0.05) is 12.8 Å². The standard InChI is InChI=1S/C36H47N6O11P/c1-22(31(43)49-23-15-17-47-18-16-23)41-54(46,53-24-11-9-8-10-12-24)48-20-36(19-37)29(51-33(45)35(5,6)7)28(50-32(44)34(2,3)4)27(52-36)25-13-14-26-30(38)39-21-40-42(25)26/h8-14,21-23,27-29H,15-18,20H2,1-7H3,(H,41,46)(H2,38,39,40)/t22-,27-,28-,29-,36+,54+/m0/s1. The number of nitrogens with two attached hydrogens (primary N) is 1. The largest absolute Gasteiger partial charge is 0.461 e. The van der Waals surface area contributed by atoms with Crippen molar-refractivity contribution in [2.24, 2.45) is 10.8 Å². The average Bonchev–Trinajstić information content (AvgIpc) is 3.67. The number of nitriles is 1. The second-order valence-corrected chi connectivity index (χ2v) is 16.9. The number of hydrogen-bond acceptors (Lipinski definition) is 15. The molecule has 2 aliphatic rings. The first-order valence-corrected chi connectivity index (χ1v) is 19.0. The molecule has 0 saturated carbocycles. The molecule has 17 nitrogen and oxygen atoms in total. The van der Waals surface area contributed by atoms with Crippen LogP contribution in [0.3, 0.4) is 0 Å². The SMILES string of the molecule is C[C@H](N[P@@](=O)(OC[C@@]1(C#N)O[C@@H](c2ccc3c(N)ncnn23)[C@H](OC(=O)C(C)(C)C)[C@@H]1OC(=O)C(C)(C)C)Oc1ccccc1)C(=O)OC1CCOCC1. The van der Waals surface area contributed by atoms with E-state index in [0.717, 1.165) is 0 Å². The maximum atomic E-state index is 14.6. The molecule has 0 unspecified atom stereocenters. The molecule has 0 radical (unpaired) electrons. The van der Waals surface area contributed by atoms with E-state index < -0.39 is 79.2 Å². The zero-order valence-corrected chi connectivity index (χ0v) is 32.2. The second kappa shape index (κ2) is 16.0. The van der Waals surface area contributed by atoms with E-state index in [-0.39, 0.29) is 17.3 Å². The first-order valence-electron chi connectivity index (χ1n) is 17.5. The van der Waals surface area contributed by atoms with Gasteiger partial charge in [-0.1, -0.05) is 18.2 Å². The average molecular weight is 771 g/mol. The van der Waals surface area contributed by atoms with E-state index in [4.69, 9.17) is 38.5 Å². The second-order valence-electron chi connectivity index (χ2n) is 15.2. The van der Waals surface area contributed by atoms with Crippen LogP contribution in [0.5, 0.6) is 5.75 Å². The zero-order chi connectivity index (χ0) is 39.5. The number of benzene rings is 1. The summed E-state index contributed by atoms with van der Waals surface area (Å²) >= 11 is 0. The van der Waals surface area contributed by atoms with Gasteiger partial charge in [-0.05, 0) is 72.7 Å². The minimum absolute atomic E-state index is 0.110. The third-order valence-electron chi connectivity index (χ3n) is 8.66. The lowest BCUT2D eigenvalue weighted by atomic mass is 9.92. The number of hydrogen-bond donors (Lipinski definition) is 2. The van der Waals surface area contributed by atoms with Crippen molar-refractivity contribution in [1.82, 2.24) is 19.7 Å². The highest BCUT2D eigenvalue weighted by atomic mass is 31.2. The number of rotatable bonds is 12. The molecule has 2 fully saturated rings. The maximum absolute atomic E-state index is 14.6. The van der Waals surface area contributed by atoms with Crippen molar-refractivity contribution in [3.05, 3.63) is 54.5 Å². The van der Waals surface area contributed by atoms with Crippen LogP contribution in [0.4, 0.5) is 5.82 Å². The van der Waals surface area contributed by atoms with Crippen molar-refractivity contribution in [3.63, 3.8) is 0 Å². The number of nitrogens with zero attached hydrogens (tertiary/aromatic N) is 4. The van der Waals surface area contributed by atoms with E-state index >= 15 is 0 Å². The van der Waals surface area contributed by atoms with Crippen LogP contribution in [-0.2, 0) is 47.2 Å². The molecular formula is C36H47N6O11P. The number of para-hydroxylation sites is 1. The van der Waals surface area contributed by atoms with Crippen LogP contribution in [0.1, 0.15) is 73.1 Å². The Morgan fingerprint density at radius 1 is 1.04 bits per heavy atom. The van der Waals surface area contributed by atoms with Gasteiger partial charge in [-0.2, -0.15) is 15.4 Å². The number of fused-ring (bicyclic) bond motifs is 1. The number of ether oxygens (including phenoxy) is 5. The van der Waals surface area contributed by atoms with E-state index in [1.807, 2.05) is 0 Å². The summed E-state index contributed by atoms with van der Waals surface area (Å²) in [6.45, 7) is 11.1. The number of aromatic nitrogens is 3. The molecule has 18 heteroatoms. The fourth-order valence-electron chi connectivity index (χ4n) is 5.56. The van der Waals surface area contributed by atoms with Gasteiger partial charge in [-0.3, -0.25) is 18.9 Å². The van der Waals surface area contributed by atoms with Gasteiger partial charge in [0.15, 0.2) is 18.0 Å². The Kier molecular flexibility index (Phi) is 12.0. The summed E-state index contributed by atoms with van der Waals surface area (Å²) in [7, 11) is -4.60. The predicted octanol–water partition coefficient (Wildman–Crippen LogP) is 4.46. The van der Waals surface area contributed by atoms with Gasteiger partial charge in [0.05, 0.1) is 29.7 Å². The molecule has 2 saturated heterocycles. The van der Waals surface area contributed by atoms with Crippen molar-refractivity contribution >= 4 is 37.0 Å². The van der Waals surface area contributed by atoms with E-state index in [1.54, 1.807) is 71.9 Å². The van der Waals surface area contributed by atoms with Crippen molar-refractivity contribution in [2.75, 3.05) is 25.6 Å². The molecule has 54 heavy (non-hydrogen) atoms. The summed E-state index contributed by atoms with van der Waals surface area (Å²) in [5.74, 6) is -1.93. The van der Waals surface area contributed by atoms with Gasteiger partial charge in [0.1, 0.15) is 48.5 Å². The molecule has 292 valence electrons. The molecule has 2 aromatic heterocycles. The monoisotopic (exact) mass is 770 g/mol. The van der Waals surface area contributed by atoms with Crippen molar-refractivity contribution in [2.45, 2.75) is 97.4 Å². The lowest BCUT2D eigenvalue weighted by Crippen LogP contribution is -2.51. The lowest BCUT2D eigenvalue weighted by Gasteiger charge is -2.32. The smallest absolute Gasteiger partial charge is 0.459 e. The Hall–Kier alpha value is -4.59. The van der Waals surface area contributed by atoms with Crippen LogP contribution >= 0.6 is 7.75 Å². The highest BCUT2D eigenvalue weighted by Crippen LogP contribution is 2.50. The first-order chi connectivity index (χ1) is 25.4. The Labute approximate surface area is 313 Å². The molecule has 3 aromatic rings. The van der Waals surface area contributed by atoms with Gasteiger partial charge in [0.2, 0.25) is 5.60 Å². The van der Waals surface area contributed by atoms with Crippen LogP contribution in [0, 0.1) is 22.2 Å². The van der Waals surface area contributed by atoms with E-state index in [9.17, 15) is 24.2 Å². The summed E-state index contributed by atoms with van der Waals surface area (Å²) in [6.07, 6.45) is -2.61. The van der Waals surface area contributed by atoms with Gasteiger partial charge < -0.3 is 33.9 Å². The van der Waals surface area contributed by atoms with Gasteiger partial charge in [-0.25, -0.2) is 14.1 Å². The number of anilines is 1. The Morgan fingerprint density at radius 2 is 1.69 bits per heavy atom. The van der Waals surface area contributed by atoms with Crippen LogP contribution < -0.4 is 15.3 Å². The molecule has 0 bridgehead atoms. The van der Waals surface area contributed by atoms with Crippen molar-refractivity contribution in [1.29, 1.82) is 5.26 Å². The van der Waals surface area contributed by atoms with Crippen molar-refractivity contribution in [3.8, 4) is 11.8 Å². The summed E-state index contributed by atoms with van der Waals surface area (Å²) in [5.41, 5.74) is 2.34. The fourth-order valence-corrected chi connectivity index (χ4v) is 7.08. The number of nitrogens with one attached hydrogen (secondary N) is 1.